The molecular formula is C15H15N3O2. The van der Waals surface area contributed by atoms with Gasteiger partial charge in [0.2, 0.25) is 5.96 Å². The Labute approximate surface area is 116 Å². The van der Waals surface area contributed by atoms with Crippen molar-refractivity contribution in [3.8, 4) is 0 Å². The Morgan fingerprint density at radius 2 is 2.10 bits per heavy atom. The zero-order valence-corrected chi connectivity index (χ0v) is 11.1. The van der Waals surface area contributed by atoms with Crippen LogP contribution in [0, 0.1) is 0 Å². The van der Waals surface area contributed by atoms with E-state index >= 15 is 0 Å². The summed E-state index contributed by atoms with van der Waals surface area (Å²) in [6, 6.07) is 14.6. The monoisotopic (exact) mass is 269 g/mol. The van der Waals surface area contributed by atoms with E-state index in [1.54, 1.807) is 0 Å². The summed E-state index contributed by atoms with van der Waals surface area (Å²) in [7, 11) is 1.33. The third-order valence-corrected chi connectivity index (χ3v) is 3.32. The lowest BCUT2D eigenvalue weighted by molar-refractivity contribution is 0.176. The second kappa shape index (κ2) is 5.21. The van der Waals surface area contributed by atoms with Crippen molar-refractivity contribution in [1.82, 2.24) is 10.6 Å². The number of carbonyl (C=O) groups excluding carboxylic acids is 1. The number of ether oxygens (including phenoxy) is 1. The molecule has 2 N–H and O–H groups in total. The molecule has 0 aliphatic carbocycles. The molecule has 0 saturated heterocycles. The summed E-state index contributed by atoms with van der Waals surface area (Å²) in [6.07, 6.45) is -0.518. The molecule has 3 rings (SSSR count). The number of fused-ring (bicyclic) bond motifs is 1. The van der Waals surface area contributed by atoms with Crippen LogP contribution < -0.4 is 10.6 Å². The molecule has 0 spiro atoms. The summed E-state index contributed by atoms with van der Waals surface area (Å²) >= 11 is 0. The number of alkyl carbamates (subject to hydrolysis) is 1. The molecule has 1 unspecified atom stereocenters. The Bertz CT molecular complexity index is 682. The molecule has 0 bridgehead atoms. The van der Waals surface area contributed by atoms with E-state index in [1.807, 2.05) is 12.1 Å². The molecule has 0 aromatic heterocycles. The highest BCUT2D eigenvalue weighted by atomic mass is 16.5. The highest BCUT2D eigenvalue weighted by Crippen LogP contribution is 2.22. The highest BCUT2D eigenvalue weighted by molar-refractivity contribution is 5.95. The Morgan fingerprint density at radius 3 is 2.90 bits per heavy atom. The average Bonchev–Trinajstić information content (AvgIpc) is 2.95. The maximum Gasteiger partial charge on any atom is 0.413 e. The first-order chi connectivity index (χ1) is 9.76. The molecule has 1 amide bonds. The second-order valence-electron chi connectivity index (χ2n) is 4.61. The fraction of sp³-hybridized carbons (Fsp3) is 0.200. The van der Waals surface area contributed by atoms with Crippen molar-refractivity contribution in [2.24, 2.45) is 4.99 Å². The predicted octanol–water partition coefficient (Wildman–Crippen LogP) is 2.20. The summed E-state index contributed by atoms with van der Waals surface area (Å²) < 4.78 is 4.54. The number of amides is 1. The van der Waals surface area contributed by atoms with Crippen LogP contribution in [0.15, 0.2) is 47.5 Å². The van der Waals surface area contributed by atoms with Crippen LogP contribution in [0.1, 0.15) is 11.6 Å². The van der Waals surface area contributed by atoms with Crippen LogP contribution in [0.4, 0.5) is 4.79 Å². The standard InChI is InChI=1S/C15H15N3O2/c1-20-15(19)18-14-16-9-13(17-14)12-7-6-10-4-2-3-5-11(10)8-12/h2-8,13H,9H2,1H3,(H2,16,17,18,19). The van der Waals surface area contributed by atoms with Crippen LogP contribution in [0.25, 0.3) is 10.8 Å². The number of rotatable bonds is 1. The van der Waals surface area contributed by atoms with Gasteiger partial charge in [-0.05, 0) is 22.4 Å². The van der Waals surface area contributed by atoms with Gasteiger partial charge in [-0.1, -0.05) is 36.4 Å². The van der Waals surface area contributed by atoms with Gasteiger partial charge in [0.05, 0.1) is 19.7 Å². The van der Waals surface area contributed by atoms with Crippen molar-refractivity contribution in [2.45, 2.75) is 6.04 Å². The topological polar surface area (TPSA) is 62.7 Å². The number of aliphatic imine (C=N–C) groups is 1. The van der Waals surface area contributed by atoms with E-state index in [0.29, 0.717) is 12.5 Å². The van der Waals surface area contributed by atoms with Gasteiger partial charge < -0.3 is 10.1 Å². The van der Waals surface area contributed by atoms with Gasteiger partial charge in [-0.25, -0.2) is 4.79 Å². The van der Waals surface area contributed by atoms with Gasteiger partial charge >= 0.3 is 6.09 Å². The van der Waals surface area contributed by atoms with Crippen LogP contribution in [0.2, 0.25) is 0 Å². The van der Waals surface area contributed by atoms with Gasteiger partial charge in [-0.15, -0.1) is 0 Å². The normalized spacial score (nSPS) is 17.4. The average molecular weight is 269 g/mol. The lowest BCUT2D eigenvalue weighted by atomic mass is 10.0. The summed E-state index contributed by atoms with van der Waals surface area (Å²) in [5.41, 5.74) is 1.15. The molecule has 0 saturated carbocycles. The van der Waals surface area contributed by atoms with Gasteiger partial charge in [0.1, 0.15) is 0 Å². The van der Waals surface area contributed by atoms with Crippen molar-refractivity contribution < 1.29 is 9.53 Å². The van der Waals surface area contributed by atoms with E-state index in [9.17, 15) is 4.79 Å². The summed E-state index contributed by atoms with van der Waals surface area (Å²) in [5.74, 6) is 0.454. The number of nitrogens with zero attached hydrogens (tertiary/aromatic N) is 1. The molecular weight excluding hydrogens is 254 g/mol. The largest absolute Gasteiger partial charge is 0.453 e. The van der Waals surface area contributed by atoms with Crippen LogP contribution in [-0.4, -0.2) is 25.7 Å². The lowest BCUT2D eigenvalue weighted by Crippen LogP contribution is -2.39. The third-order valence-electron chi connectivity index (χ3n) is 3.32. The highest BCUT2D eigenvalue weighted by Gasteiger charge is 2.20. The molecule has 1 aliphatic rings. The fourth-order valence-corrected chi connectivity index (χ4v) is 2.28. The first-order valence-corrected chi connectivity index (χ1v) is 6.41. The van der Waals surface area contributed by atoms with Gasteiger partial charge in [0.25, 0.3) is 0 Å². The molecule has 20 heavy (non-hydrogen) atoms. The maximum atomic E-state index is 11.1. The minimum Gasteiger partial charge on any atom is -0.453 e. The Kier molecular flexibility index (Phi) is 3.25. The molecule has 0 fully saturated rings. The quantitative estimate of drug-likeness (QED) is 0.834. The Hall–Kier alpha value is -2.56. The summed E-state index contributed by atoms with van der Waals surface area (Å²) in [5, 5.41) is 8.13. The van der Waals surface area contributed by atoms with E-state index in [1.165, 1.54) is 17.9 Å². The number of hydrogen-bond acceptors (Lipinski definition) is 4. The number of methoxy groups -OCH3 is 1. The molecule has 1 atom stereocenters. The zero-order chi connectivity index (χ0) is 13.9. The number of carbonyl (C=O) groups is 1. The van der Waals surface area contributed by atoms with Crippen molar-refractivity contribution >= 4 is 22.8 Å². The second-order valence-corrected chi connectivity index (χ2v) is 4.61. The fourth-order valence-electron chi connectivity index (χ4n) is 2.28. The molecule has 5 heteroatoms. The van der Waals surface area contributed by atoms with Crippen molar-refractivity contribution in [3.63, 3.8) is 0 Å². The molecule has 5 nitrogen and oxygen atoms in total. The third kappa shape index (κ3) is 2.42. The lowest BCUT2D eigenvalue weighted by Gasteiger charge is -2.13. The predicted molar refractivity (Wildman–Crippen MR) is 77.7 cm³/mol. The molecule has 2 aromatic rings. The summed E-state index contributed by atoms with van der Waals surface area (Å²) in [6.45, 7) is 0.595. The van der Waals surface area contributed by atoms with Crippen LogP contribution in [0.5, 0.6) is 0 Å². The SMILES string of the molecule is COC(=O)NC1=NCC(c2ccc3ccccc3c2)N1. The van der Waals surface area contributed by atoms with Crippen molar-refractivity contribution in [2.75, 3.05) is 13.7 Å². The number of nitrogens with one attached hydrogen (secondary N) is 2. The minimum absolute atomic E-state index is 0.0757. The van der Waals surface area contributed by atoms with E-state index in [4.69, 9.17) is 0 Å². The van der Waals surface area contributed by atoms with E-state index < -0.39 is 6.09 Å². The van der Waals surface area contributed by atoms with Crippen molar-refractivity contribution in [1.29, 1.82) is 0 Å². The Morgan fingerprint density at radius 1 is 1.30 bits per heavy atom. The van der Waals surface area contributed by atoms with Gasteiger partial charge in [0, 0.05) is 0 Å². The van der Waals surface area contributed by atoms with E-state index in [-0.39, 0.29) is 6.04 Å². The number of hydrogen-bond donors (Lipinski definition) is 2. The first kappa shape index (κ1) is 12.5. The molecule has 0 radical (unpaired) electrons. The van der Waals surface area contributed by atoms with Gasteiger partial charge in [0.15, 0.2) is 0 Å². The number of benzene rings is 2. The number of guanidine groups is 1. The van der Waals surface area contributed by atoms with Crippen molar-refractivity contribution in [3.05, 3.63) is 48.0 Å². The molecule has 1 aliphatic heterocycles. The van der Waals surface area contributed by atoms with Gasteiger partial charge in [-0.2, -0.15) is 0 Å². The smallest absolute Gasteiger partial charge is 0.413 e. The zero-order valence-electron chi connectivity index (χ0n) is 11.1. The molecule has 1 heterocycles. The maximum absolute atomic E-state index is 11.1. The van der Waals surface area contributed by atoms with E-state index in [0.717, 1.165) is 5.56 Å². The van der Waals surface area contributed by atoms with E-state index in [2.05, 4.69) is 50.7 Å². The first-order valence-electron chi connectivity index (χ1n) is 6.41. The van der Waals surface area contributed by atoms with Crippen LogP contribution in [0.3, 0.4) is 0 Å². The summed E-state index contributed by atoms with van der Waals surface area (Å²) in [4.78, 5) is 15.4. The van der Waals surface area contributed by atoms with Gasteiger partial charge in [-0.3, -0.25) is 10.3 Å². The van der Waals surface area contributed by atoms with Crippen LogP contribution >= 0.6 is 0 Å². The Balaban J connectivity index is 1.75. The minimum atomic E-state index is -0.518. The molecule has 102 valence electrons. The molecule has 2 aromatic carbocycles. The van der Waals surface area contributed by atoms with Crippen LogP contribution in [-0.2, 0) is 4.74 Å².